The van der Waals surface area contributed by atoms with Gasteiger partial charge in [-0.1, -0.05) is 0 Å². The summed E-state index contributed by atoms with van der Waals surface area (Å²) < 4.78 is 23.9. The second-order valence-corrected chi connectivity index (χ2v) is 9.47. The molecule has 2 atom stereocenters. The number of nitrogens with one attached hydrogen (secondary N) is 2. The number of methoxy groups -OCH3 is 1. The highest BCUT2D eigenvalue weighted by Gasteiger charge is 2.40. The molecule has 3 saturated heterocycles. The third-order valence-electron chi connectivity index (χ3n) is 7.35. The van der Waals surface area contributed by atoms with Gasteiger partial charge in [-0.15, -0.1) is 0 Å². The van der Waals surface area contributed by atoms with Gasteiger partial charge in [-0.25, -0.2) is 4.39 Å². The molecular weight excluding hydrogens is 435 g/mol. The largest absolute Gasteiger partial charge is 0.467 e. The van der Waals surface area contributed by atoms with E-state index in [0.29, 0.717) is 30.3 Å². The quantitative estimate of drug-likeness (QED) is 0.572. The van der Waals surface area contributed by atoms with E-state index in [0.717, 1.165) is 62.6 Å². The smallest absolute Gasteiger partial charge is 0.320 e. The highest BCUT2D eigenvalue weighted by atomic mass is 19.1. The lowest BCUT2D eigenvalue weighted by molar-refractivity contribution is 0.0988. The van der Waals surface area contributed by atoms with Gasteiger partial charge in [-0.3, -0.25) is 0 Å². The number of ether oxygens (including phenoxy) is 2. The molecule has 0 spiro atoms. The number of alkyl halides is 1. The van der Waals surface area contributed by atoms with Gasteiger partial charge in [0.2, 0.25) is 0 Å². The summed E-state index contributed by atoms with van der Waals surface area (Å²) >= 11 is 0. The van der Waals surface area contributed by atoms with Crippen LogP contribution < -0.4 is 15.0 Å². The molecule has 0 radical (unpaired) electrons. The number of hydrogen-bond donors (Lipinski definition) is 2. The van der Waals surface area contributed by atoms with E-state index < -0.39 is 0 Å². The van der Waals surface area contributed by atoms with Gasteiger partial charge >= 0.3 is 6.01 Å². The standard InChI is InChI=1S/C25H33FN6O2/c1-16-9-18(13-27)22(11-21(16)17-3-6-31(7-4-17)8-5-26)28-23-12-24(30-25(29-23)33-2)32-14-20-10-19(32)15-34-20/h9,11-13,17,19-20,27H,3-8,10,14-15H2,1-2H3,(H,28,29,30). The van der Waals surface area contributed by atoms with Crippen LogP contribution in [-0.4, -0.2) is 79.8 Å². The van der Waals surface area contributed by atoms with Crippen LogP contribution in [0, 0.1) is 12.3 Å². The normalized spacial score (nSPS) is 22.9. The number of piperidine rings is 1. The minimum Gasteiger partial charge on any atom is -0.467 e. The molecule has 5 rings (SSSR count). The maximum Gasteiger partial charge on any atom is 0.320 e. The van der Waals surface area contributed by atoms with Crippen molar-refractivity contribution in [3.8, 4) is 6.01 Å². The molecule has 8 nitrogen and oxygen atoms in total. The summed E-state index contributed by atoms with van der Waals surface area (Å²) in [5.74, 6) is 1.89. The van der Waals surface area contributed by atoms with E-state index in [9.17, 15) is 4.39 Å². The van der Waals surface area contributed by atoms with Crippen LogP contribution in [0.25, 0.3) is 0 Å². The lowest BCUT2D eigenvalue weighted by atomic mass is 9.85. The van der Waals surface area contributed by atoms with E-state index in [1.807, 2.05) is 6.07 Å². The Bertz CT molecular complexity index is 1040. The zero-order chi connectivity index (χ0) is 23.7. The van der Waals surface area contributed by atoms with E-state index in [1.165, 1.54) is 17.3 Å². The van der Waals surface area contributed by atoms with Crippen molar-refractivity contribution in [2.24, 2.45) is 0 Å². The monoisotopic (exact) mass is 468 g/mol. The number of anilines is 3. The zero-order valence-electron chi connectivity index (χ0n) is 19.9. The highest BCUT2D eigenvalue weighted by molar-refractivity contribution is 5.88. The van der Waals surface area contributed by atoms with E-state index in [2.05, 4.69) is 44.1 Å². The van der Waals surface area contributed by atoms with Crippen molar-refractivity contribution in [3.05, 3.63) is 34.9 Å². The average molecular weight is 469 g/mol. The van der Waals surface area contributed by atoms with Crippen molar-refractivity contribution in [2.45, 2.75) is 44.2 Å². The molecule has 34 heavy (non-hydrogen) atoms. The molecule has 3 aliphatic rings. The number of morpholine rings is 1. The van der Waals surface area contributed by atoms with E-state index in [1.54, 1.807) is 7.11 Å². The summed E-state index contributed by atoms with van der Waals surface area (Å²) in [6.45, 7) is 5.72. The Morgan fingerprint density at radius 2 is 2.09 bits per heavy atom. The second-order valence-electron chi connectivity index (χ2n) is 9.47. The van der Waals surface area contributed by atoms with Gasteiger partial charge in [0.1, 0.15) is 18.3 Å². The summed E-state index contributed by atoms with van der Waals surface area (Å²) in [6, 6.07) is 6.82. The topological polar surface area (TPSA) is 86.6 Å². The molecule has 2 unspecified atom stereocenters. The van der Waals surface area contributed by atoms with Gasteiger partial charge in [0.15, 0.2) is 0 Å². The van der Waals surface area contributed by atoms with Crippen LogP contribution in [0.3, 0.4) is 0 Å². The maximum absolute atomic E-state index is 12.7. The van der Waals surface area contributed by atoms with Crippen LogP contribution in [0.15, 0.2) is 18.2 Å². The Balaban J connectivity index is 1.41. The Hall–Kier alpha value is -2.78. The number of likely N-dealkylation sites (tertiary alicyclic amines) is 1. The van der Waals surface area contributed by atoms with Gasteiger partial charge in [-0.05, 0) is 68.5 Å². The predicted octanol–water partition coefficient (Wildman–Crippen LogP) is 3.66. The van der Waals surface area contributed by atoms with Crippen LogP contribution in [0.5, 0.6) is 6.01 Å². The van der Waals surface area contributed by atoms with Gasteiger partial charge < -0.3 is 30.0 Å². The highest BCUT2D eigenvalue weighted by Crippen LogP contribution is 2.36. The first-order valence-corrected chi connectivity index (χ1v) is 12.1. The molecule has 2 aromatic rings. The van der Waals surface area contributed by atoms with Crippen LogP contribution in [0.2, 0.25) is 0 Å². The number of fused-ring (bicyclic) bond motifs is 2. The molecule has 3 fully saturated rings. The summed E-state index contributed by atoms with van der Waals surface area (Å²) in [5.41, 5.74) is 4.12. The Kier molecular flexibility index (Phi) is 6.65. The fourth-order valence-electron chi connectivity index (χ4n) is 5.54. The maximum atomic E-state index is 12.7. The average Bonchev–Trinajstić information content (AvgIpc) is 3.49. The fourth-order valence-corrected chi connectivity index (χ4v) is 5.54. The van der Waals surface area contributed by atoms with Crippen molar-refractivity contribution in [1.82, 2.24) is 14.9 Å². The van der Waals surface area contributed by atoms with Crippen molar-refractivity contribution in [2.75, 3.05) is 56.8 Å². The van der Waals surface area contributed by atoms with Crippen LogP contribution in [0.1, 0.15) is 41.9 Å². The molecular formula is C25H33FN6O2. The SMILES string of the molecule is COc1nc(Nc2cc(C3CCN(CCF)CC3)c(C)cc2C=N)cc(N2CC3CC2CO3)n1. The van der Waals surface area contributed by atoms with Crippen LogP contribution >= 0.6 is 0 Å². The minimum absolute atomic E-state index is 0.267. The lowest BCUT2D eigenvalue weighted by Crippen LogP contribution is -2.37. The summed E-state index contributed by atoms with van der Waals surface area (Å²) in [4.78, 5) is 13.6. The molecule has 2 N–H and O–H groups in total. The zero-order valence-corrected chi connectivity index (χ0v) is 19.9. The third kappa shape index (κ3) is 4.59. The fraction of sp³-hybridized carbons (Fsp3) is 0.560. The summed E-state index contributed by atoms with van der Waals surface area (Å²) in [6.07, 6.45) is 4.69. The van der Waals surface area contributed by atoms with Gasteiger partial charge in [0.05, 0.1) is 25.9 Å². The van der Waals surface area contributed by atoms with Gasteiger partial charge in [-0.2, -0.15) is 9.97 Å². The summed E-state index contributed by atoms with van der Waals surface area (Å²) in [5, 5.41) is 11.4. The number of aromatic nitrogens is 2. The molecule has 4 heterocycles. The molecule has 3 aliphatic heterocycles. The van der Waals surface area contributed by atoms with Crippen LogP contribution in [0.4, 0.5) is 21.7 Å². The third-order valence-corrected chi connectivity index (χ3v) is 7.35. The van der Waals surface area contributed by atoms with Gasteiger partial charge in [0.25, 0.3) is 0 Å². The number of nitrogens with zero attached hydrogens (tertiary/aromatic N) is 4. The first-order valence-electron chi connectivity index (χ1n) is 12.1. The molecule has 2 bridgehead atoms. The summed E-state index contributed by atoms with van der Waals surface area (Å²) in [7, 11) is 1.57. The molecule has 9 heteroatoms. The number of aryl methyl sites for hydroxylation is 1. The van der Waals surface area contributed by atoms with E-state index in [-0.39, 0.29) is 12.8 Å². The Labute approximate surface area is 200 Å². The Morgan fingerprint density at radius 1 is 1.26 bits per heavy atom. The second kappa shape index (κ2) is 9.84. The van der Waals surface area contributed by atoms with Crippen molar-refractivity contribution in [3.63, 3.8) is 0 Å². The number of halogens is 1. The molecule has 1 aromatic heterocycles. The molecule has 0 aliphatic carbocycles. The first kappa shape index (κ1) is 23.0. The van der Waals surface area contributed by atoms with Crippen molar-refractivity contribution < 1.29 is 13.9 Å². The number of hydrogen-bond acceptors (Lipinski definition) is 8. The molecule has 1 aromatic carbocycles. The predicted molar refractivity (Wildman–Crippen MR) is 131 cm³/mol. The van der Waals surface area contributed by atoms with Gasteiger partial charge in [0, 0.05) is 36.6 Å². The first-order chi connectivity index (χ1) is 16.6. The van der Waals surface area contributed by atoms with E-state index in [4.69, 9.17) is 14.9 Å². The van der Waals surface area contributed by atoms with Crippen molar-refractivity contribution in [1.29, 1.82) is 5.41 Å². The minimum atomic E-state index is -0.290. The lowest BCUT2D eigenvalue weighted by Gasteiger charge is -2.32. The number of rotatable bonds is 8. The van der Waals surface area contributed by atoms with E-state index >= 15 is 0 Å². The Morgan fingerprint density at radius 3 is 2.74 bits per heavy atom. The molecule has 0 saturated carbocycles. The van der Waals surface area contributed by atoms with Crippen LogP contribution in [-0.2, 0) is 4.74 Å². The molecule has 182 valence electrons. The molecule has 0 amide bonds. The number of benzene rings is 1. The van der Waals surface area contributed by atoms with Crippen molar-refractivity contribution >= 4 is 23.5 Å².